The highest BCUT2D eigenvalue weighted by molar-refractivity contribution is 5.30. The molecule has 2 fully saturated rings. The number of hydrogen-bond donors (Lipinski definition) is 1. The fraction of sp³-hybridized carbons (Fsp3) is 0.722. The van der Waals surface area contributed by atoms with Gasteiger partial charge in [-0.2, -0.15) is 0 Å². The van der Waals surface area contributed by atoms with Gasteiger partial charge in [0.2, 0.25) is 0 Å². The maximum atomic E-state index is 6.23. The van der Waals surface area contributed by atoms with Crippen LogP contribution in [0, 0.1) is 0 Å². The zero-order chi connectivity index (χ0) is 15.2. The van der Waals surface area contributed by atoms with Crippen molar-refractivity contribution in [1.29, 1.82) is 0 Å². The van der Waals surface area contributed by atoms with Crippen LogP contribution < -0.4 is 10.1 Å². The van der Waals surface area contributed by atoms with Gasteiger partial charge in [0.25, 0.3) is 0 Å². The monoisotopic (exact) mass is 303 g/mol. The van der Waals surface area contributed by atoms with Gasteiger partial charge in [-0.05, 0) is 70.4 Å². The molecule has 2 aliphatic heterocycles. The molecular weight excluding hydrogens is 274 g/mol. The van der Waals surface area contributed by atoms with E-state index in [0.717, 1.165) is 44.7 Å². The Morgan fingerprint density at radius 1 is 1.32 bits per heavy atom. The highest BCUT2D eigenvalue weighted by atomic mass is 16.5. The Kier molecular flexibility index (Phi) is 5.68. The first-order valence-corrected chi connectivity index (χ1v) is 8.91. The molecule has 0 bridgehead atoms. The molecule has 0 spiro atoms. The third kappa shape index (κ3) is 3.79. The number of nitrogens with zero attached hydrogens (tertiary/aromatic N) is 2. The quantitative estimate of drug-likeness (QED) is 0.877. The number of pyridine rings is 1. The number of ether oxygens (including phenoxy) is 1. The second-order valence-corrected chi connectivity index (χ2v) is 6.53. The van der Waals surface area contributed by atoms with Gasteiger partial charge in [0.05, 0.1) is 5.69 Å². The van der Waals surface area contributed by atoms with Crippen LogP contribution in [0.2, 0.25) is 0 Å². The smallest absolute Gasteiger partial charge is 0.141 e. The number of nitrogens with one attached hydrogen (secondary N) is 1. The highest BCUT2D eigenvalue weighted by Crippen LogP contribution is 2.31. The third-order valence-corrected chi connectivity index (χ3v) is 5.09. The zero-order valence-electron chi connectivity index (χ0n) is 13.8. The van der Waals surface area contributed by atoms with E-state index in [1.54, 1.807) is 0 Å². The van der Waals surface area contributed by atoms with Crippen molar-refractivity contribution >= 4 is 0 Å². The van der Waals surface area contributed by atoms with E-state index in [0.29, 0.717) is 12.0 Å². The van der Waals surface area contributed by atoms with Crippen molar-refractivity contribution < 1.29 is 4.74 Å². The first-order chi connectivity index (χ1) is 10.9. The normalized spacial score (nSPS) is 21.9. The van der Waals surface area contributed by atoms with Crippen molar-refractivity contribution in [1.82, 2.24) is 15.2 Å². The van der Waals surface area contributed by atoms with Gasteiger partial charge in [0.1, 0.15) is 12.4 Å². The van der Waals surface area contributed by atoms with E-state index >= 15 is 0 Å². The van der Waals surface area contributed by atoms with E-state index in [4.69, 9.17) is 4.74 Å². The summed E-state index contributed by atoms with van der Waals surface area (Å²) in [5.74, 6) is 1.55. The van der Waals surface area contributed by atoms with Gasteiger partial charge in [-0.3, -0.25) is 9.88 Å². The average molecular weight is 303 g/mol. The van der Waals surface area contributed by atoms with Crippen LogP contribution in [-0.2, 0) is 0 Å². The fourth-order valence-electron chi connectivity index (χ4n) is 3.70. The Balaban J connectivity index is 1.63. The fourth-order valence-corrected chi connectivity index (χ4v) is 3.70. The van der Waals surface area contributed by atoms with Crippen molar-refractivity contribution in [3.05, 3.63) is 24.0 Å². The largest absolute Gasteiger partial charge is 0.490 e. The average Bonchev–Trinajstić information content (AvgIpc) is 3.11. The molecule has 22 heavy (non-hydrogen) atoms. The topological polar surface area (TPSA) is 37.4 Å². The van der Waals surface area contributed by atoms with E-state index < -0.39 is 0 Å². The van der Waals surface area contributed by atoms with Gasteiger partial charge in [-0.25, -0.2) is 0 Å². The lowest BCUT2D eigenvalue weighted by Gasteiger charge is -2.28. The summed E-state index contributed by atoms with van der Waals surface area (Å²) in [5, 5.41) is 3.43. The third-order valence-electron chi connectivity index (χ3n) is 5.09. The van der Waals surface area contributed by atoms with Crippen LogP contribution in [0.1, 0.15) is 50.6 Å². The predicted octanol–water partition coefficient (Wildman–Crippen LogP) is 2.80. The minimum Gasteiger partial charge on any atom is -0.490 e. The summed E-state index contributed by atoms with van der Waals surface area (Å²) in [6.07, 6.45) is 8.06. The van der Waals surface area contributed by atoms with Gasteiger partial charge in [-0.15, -0.1) is 0 Å². The second kappa shape index (κ2) is 7.93. The maximum absolute atomic E-state index is 6.23. The van der Waals surface area contributed by atoms with Crippen LogP contribution in [0.4, 0.5) is 0 Å². The number of aromatic nitrogens is 1. The molecule has 1 atom stereocenters. The van der Waals surface area contributed by atoms with Crippen molar-refractivity contribution in [2.75, 3.05) is 32.8 Å². The molecule has 0 unspecified atom stereocenters. The predicted molar refractivity (Wildman–Crippen MR) is 89.5 cm³/mol. The lowest BCUT2D eigenvalue weighted by Crippen LogP contribution is -2.37. The summed E-state index contributed by atoms with van der Waals surface area (Å²) in [6, 6.07) is 4.64. The van der Waals surface area contributed by atoms with Gasteiger partial charge in [0.15, 0.2) is 0 Å². The summed E-state index contributed by atoms with van der Waals surface area (Å²) in [4.78, 5) is 7.22. The van der Waals surface area contributed by atoms with Gasteiger partial charge >= 0.3 is 0 Å². The second-order valence-electron chi connectivity index (χ2n) is 6.53. The van der Waals surface area contributed by atoms with Crippen LogP contribution >= 0.6 is 0 Å². The molecule has 1 aromatic rings. The molecule has 4 heteroatoms. The van der Waals surface area contributed by atoms with E-state index in [9.17, 15) is 0 Å². The van der Waals surface area contributed by atoms with E-state index in [-0.39, 0.29) is 0 Å². The van der Waals surface area contributed by atoms with Gasteiger partial charge in [0, 0.05) is 18.2 Å². The van der Waals surface area contributed by atoms with Crippen LogP contribution in [0.15, 0.2) is 18.3 Å². The Hall–Kier alpha value is -1.13. The van der Waals surface area contributed by atoms with Crippen molar-refractivity contribution in [3.63, 3.8) is 0 Å². The molecule has 1 aromatic heterocycles. The number of likely N-dealkylation sites (tertiary alicyclic amines) is 1. The molecule has 1 N–H and O–H groups in total. The number of rotatable bonds is 6. The SMILES string of the molecule is CC[C@H](COc1cccnc1C1CCNCC1)N1CCCC1. The summed E-state index contributed by atoms with van der Waals surface area (Å²) >= 11 is 0. The summed E-state index contributed by atoms with van der Waals surface area (Å²) in [7, 11) is 0. The summed E-state index contributed by atoms with van der Waals surface area (Å²) in [6.45, 7) is 7.70. The molecule has 0 aliphatic carbocycles. The molecular formula is C18H29N3O. The lowest BCUT2D eigenvalue weighted by molar-refractivity contribution is 0.154. The molecule has 0 saturated carbocycles. The van der Waals surface area contributed by atoms with E-state index in [2.05, 4.69) is 28.2 Å². The van der Waals surface area contributed by atoms with Crippen LogP contribution in [0.5, 0.6) is 5.75 Å². The minimum atomic E-state index is 0.545. The van der Waals surface area contributed by atoms with E-state index in [1.165, 1.54) is 31.6 Å². The molecule has 122 valence electrons. The Labute approximate surface area is 134 Å². The van der Waals surface area contributed by atoms with Crippen LogP contribution in [0.25, 0.3) is 0 Å². The van der Waals surface area contributed by atoms with Crippen molar-refractivity contribution in [2.24, 2.45) is 0 Å². The molecule has 2 saturated heterocycles. The minimum absolute atomic E-state index is 0.545. The molecule has 4 nitrogen and oxygen atoms in total. The van der Waals surface area contributed by atoms with Crippen LogP contribution in [-0.4, -0.2) is 48.7 Å². The molecule has 3 heterocycles. The van der Waals surface area contributed by atoms with Crippen molar-refractivity contribution in [3.8, 4) is 5.75 Å². The van der Waals surface area contributed by atoms with E-state index in [1.807, 2.05) is 12.3 Å². The maximum Gasteiger partial charge on any atom is 0.141 e. The van der Waals surface area contributed by atoms with Crippen LogP contribution in [0.3, 0.4) is 0 Å². The standard InChI is InChI=1S/C18H29N3O/c1-2-16(21-12-3-4-13-21)14-22-17-6-5-9-20-18(17)15-7-10-19-11-8-15/h5-6,9,15-16,19H,2-4,7-8,10-14H2,1H3/t16-/m1/s1. The number of piperidine rings is 1. The summed E-state index contributed by atoms with van der Waals surface area (Å²) < 4.78 is 6.23. The Morgan fingerprint density at radius 2 is 2.09 bits per heavy atom. The highest BCUT2D eigenvalue weighted by Gasteiger charge is 2.23. The number of hydrogen-bond acceptors (Lipinski definition) is 4. The molecule has 2 aliphatic rings. The van der Waals surface area contributed by atoms with Gasteiger partial charge < -0.3 is 10.1 Å². The molecule has 3 rings (SSSR count). The molecule has 0 aromatic carbocycles. The molecule has 0 radical (unpaired) electrons. The Bertz CT molecular complexity index is 453. The first-order valence-electron chi connectivity index (χ1n) is 8.91. The molecule has 0 amide bonds. The lowest BCUT2D eigenvalue weighted by atomic mass is 9.93. The zero-order valence-corrected chi connectivity index (χ0v) is 13.8. The Morgan fingerprint density at radius 3 is 2.82 bits per heavy atom. The first kappa shape index (κ1) is 15.8. The summed E-state index contributed by atoms with van der Waals surface area (Å²) in [5.41, 5.74) is 1.17. The van der Waals surface area contributed by atoms with Gasteiger partial charge in [-0.1, -0.05) is 6.92 Å². The van der Waals surface area contributed by atoms with Crippen molar-refractivity contribution in [2.45, 2.75) is 51.0 Å².